The summed E-state index contributed by atoms with van der Waals surface area (Å²) in [5, 5.41) is 2.76. The van der Waals surface area contributed by atoms with Gasteiger partial charge in [-0.1, -0.05) is 17.7 Å². The average molecular weight is 397 g/mol. The van der Waals surface area contributed by atoms with Crippen molar-refractivity contribution in [2.24, 2.45) is 0 Å². The lowest BCUT2D eigenvalue weighted by Crippen LogP contribution is -2.31. The molecule has 1 amide bonds. The number of carbonyl (C=O) groups excluding carboxylic acids is 1. The van der Waals surface area contributed by atoms with Crippen LogP contribution in [0.15, 0.2) is 47.9 Å². The number of amides is 1. The van der Waals surface area contributed by atoms with Crippen LogP contribution in [0.5, 0.6) is 0 Å². The summed E-state index contributed by atoms with van der Waals surface area (Å²) >= 11 is 7.29. The van der Waals surface area contributed by atoms with E-state index in [0.717, 1.165) is 10.4 Å². The van der Waals surface area contributed by atoms with Gasteiger partial charge in [-0.2, -0.15) is 4.31 Å². The third-order valence-electron chi connectivity index (χ3n) is 3.90. The van der Waals surface area contributed by atoms with E-state index >= 15 is 0 Å². The standard InChI is InChI=1S/C17H17ClN2O3S2/c1-2-9-20(11-13-4-7-16(18)24-13)25(22,23)14-5-6-15-12(10-14)3-8-17(21)19-15/h2,4-7,10H,1,3,8-9,11H2,(H,19,21). The smallest absolute Gasteiger partial charge is 0.243 e. The lowest BCUT2D eigenvalue weighted by Gasteiger charge is -2.22. The summed E-state index contributed by atoms with van der Waals surface area (Å²) < 4.78 is 28.1. The number of nitrogens with zero attached hydrogens (tertiary/aromatic N) is 1. The van der Waals surface area contributed by atoms with Crippen molar-refractivity contribution in [3.63, 3.8) is 0 Å². The van der Waals surface area contributed by atoms with Crippen LogP contribution >= 0.6 is 22.9 Å². The van der Waals surface area contributed by atoms with E-state index in [0.29, 0.717) is 22.9 Å². The minimum Gasteiger partial charge on any atom is -0.326 e. The molecule has 1 aromatic heterocycles. The molecule has 0 saturated heterocycles. The van der Waals surface area contributed by atoms with Gasteiger partial charge in [-0.3, -0.25) is 4.79 Å². The Labute approximate surface area is 156 Å². The van der Waals surface area contributed by atoms with Crippen LogP contribution in [0.4, 0.5) is 5.69 Å². The first-order chi connectivity index (χ1) is 11.9. The minimum absolute atomic E-state index is 0.0500. The van der Waals surface area contributed by atoms with Gasteiger partial charge in [0.25, 0.3) is 0 Å². The second-order valence-electron chi connectivity index (χ2n) is 5.66. The number of benzene rings is 1. The van der Waals surface area contributed by atoms with Crippen molar-refractivity contribution in [1.29, 1.82) is 0 Å². The molecule has 1 aliphatic rings. The van der Waals surface area contributed by atoms with Crippen LogP contribution in [0.25, 0.3) is 0 Å². The van der Waals surface area contributed by atoms with Crippen LogP contribution in [-0.2, 0) is 27.8 Å². The number of rotatable bonds is 6. The minimum atomic E-state index is -3.69. The summed E-state index contributed by atoms with van der Waals surface area (Å²) in [5.74, 6) is -0.0500. The van der Waals surface area contributed by atoms with Crippen LogP contribution in [0.2, 0.25) is 4.34 Å². The van der Waals surface area contributed by atoms with Crippen molar-refractivity contribution in [3.05, 3.63) is 57.8 Å². The Bertz CT molecular complexity index is 922. The van der Waals surface area contributed by atoms with E-state index in [1.54, 1.807) is 24.3 Å². The molecule has 3 rings (SSSR count). The molecular weight excluding hydrogens is 380 g/mol. The van der Waals surface area contributed by atoms with Crippen LogP contribution in [-0.4, -0.2) is 25.2 Å². The van der Waals surface area contributed by atoms with Gasteiger partial charge in [0.2, 0.25) is 15.9 Å². The van der Waals surface area contributed by atoms with Crippen molar-refractivity contribution in [2.75, 3.05) is 11.9 Å². The van der Waals surface area contributed by atoms with Gasteiger partial charge in [0.15, 0.2) is 0 Å². The highest BCUT2D eigenvalue weighted by molar-refractivity contribution is 7.89. The van der Waals surface area contributed by atoms with E-state index in [1.807, 2.05) is 6.07 Å². The molecule has 1 N–H and O–H groups in total. The molecule has 0 bridgehead atoms. The number of carbonyl (C=O) groups is 1. The maximum atomic E-state index is 13.0. The Kier molecular flexibility index (Phi) is 5.29. The summed E-state index contributed by atoms with van der Waals surface area (Å²) in [7, 11) is -3.69. The molecule has 1 aliphatic heterocycles. The van der Waals surface area contributed by atoms with E-state index in [9.17, 15) is 13.2 Å². The quantitative estimate of drug-likeness (QED) is 0.757. The Morgan fingerprint density at radius 2 is 2.08 bits per heavy atom. The van der Waals surface area contributed by atoms with Gasteiger partial charge in [-0.15, -0.1) is 17.9 Å². The first-order valence-electron chi connectivity index (χ1n) is 7.68. The summed E-state index contributed by atoms with van der Waals surface area (Å²) in [4.78, 5) is 12.5. The topological polar surface area (TPSA) is 66.5 Å². The molecule has 132 valence electrons. The molecule has 0 atom stereocenters. The van der Waals surface area contributed by atoms with Crippen molar-refractivity contribution in [1.82, 2.24) is 4.31 Å². The van der Waals surface area contributed by atoms with Crippen LogP contribution in [0, 0.1) is 0 Å². The maximum absolute atomic E-state index is 13.0. The molecule has 5 nitrogen and oxygen atoms in total. The third-order valence-corrected chi connectivity index (χ3v) is 6.93. The van der Waals surface area contributed by atoms with Gasteiger partial charge < -0.3 is 5.32 Å². The van der Waals surface area contributed by atoms with Crippen LogP contribution in [0.3, 0.4) is 0 Å². The van der Waals surface area contributed by atoms with E-state index in [4.69, 9.17) is 11.6 Å². The summed E-state index contributed by atoms with van der Waals surface area (Å²) in [5.41, 5.74) is 1.51. The molecule has 0 unspecified atom stereocenters. The zero-order valence-corrected chi connectivity index (χ0v) is 15.8. The largest absolute Gasteiger partial charge is 0.326 e. The third kappa shape index (κ3) is 3.95. The van der Waals surface area contributed by atoms with E-state index < -0.39 is 10.0 Å². The zero-order valence-electron chi connectivity index (χ0n) is 13.4. The lowest BCUT2D eigenvalue weighted by molar-refractivity contribution is -0.116. The Morgan fingerprint density at radius 3 is 2.76 bits per heavy atom. The highest BCUT2D eigenvalue weighted by Crippen LogP contribution is 2.29. The van der Waals surface area contributed by atoms with Crippen LogP contribution < -0.4 is 5.32 Å². The normalized spacial score (nSPS) is 14.2. The Morgan fingerprint density at radius 1 is 1.28 bits per heavy atom. The average Bonchev–Trinajstić information content (AvgIpc) is 2.99. The van der Waals surface area contributed by atoms with E-state index in [2.05, 4.69) is 11.9 Å². The van der Waals surface area contributed by atoms with Gasteiger partial charge in [-0.25, -0.2) is 8.42 Å². The molecule has 8 heteroatoms. The second-order valence-corrected chi connectivity index (χ2v) is 9.40. The van der Waals surface area contributed by atoms with Crippen molar-refractivity contribution >= 4 is 44.6 Å². The zero-order chi connectivity index (χ0) is 18.0. The number of hydrogen-bond acceptors (Lipinski definition) is 4. The molecular formula is C17H17ClN2O3S2. The maximum Gasteiger partial charge on any atom is 0.243 e. The SMILES string of the molecule is C=CCN(Cc1ccc(Cl)s1)S(=O)(=O)c1ccc2c(c1)CCC(=O)N2. The number of thiophene rings is 1. The molecule has 0 radical (unpaired) electrons. The van der Waals surface area contributed by atoms with Crippen molar-refractivity contribution < 1.29 is 13.2 Å². The number of anilines is 1. The molecule has 0 saturated carbocycles. The van der Waals surface area contributed by atoms with Crippen molar-refractivity contribution in [3.8, 4) is 0 Å². The predicted octanol–water partition coefficient (Wildman–Crippen LogP) is 3.66. The number of aryl methyl sites for hydroxylation is 1. The molecule has 0 fully saturated rings. The van der Waals surface area contributed by atoms with Gasteiger partial charge >= 0.3 is 0 Å². The Hall–Kier alpha value is -1.67. The Balaban J connectivity index is 1.92. The van der Waals surface area contributed by atoms with Gasteiger partial charge in [0.1, 0.15) is 0 Å². The number of hydrogen-bond donors (Lipinski definition) is 1. The number of nitrogens with one attached hydrogen (secondary N) is 1. The fraction of sp³-hybridized carbons (Fsp3) is 0.235. The first kappa shape index (κ1) is 18.1. The van der Waals surface area contributed by atoms with Crippen molar-refractivity contribution in [2.45, 2.75) is 24.3 Å². The molecule has 0 spiro atoms. The molecule has 0 aliphatic carbocycles. The monoisotopic (exact) mass is 396 g/mol. The molecule has 2 aromatic rings. The van der Waals surface area contributed by atoms with Gasteiger partial charge in [-0.05, 0) is 42.3 Å². The number of fused-ring (bicyclic) bond motifs is 1. The van der Waals surface area contributed by atoms with E-state index in [1.165, 1.54) is 21.7 Å². The summed E-state index contributed by atoms with van der Waals surface area (Å²) in [6.45, 7) is 4.09. The van der Waals surface area contributed by atoms with E-state index in [-0.39, 0.29) is 23.9 Å². The van der Waals surface area contributed by atoms with Gasteiger partial charge in [0, 0.05) is 30.1 Å². The second kappa shape index (κ2) is 7.29. The highest BCUT2D eigenvalue weighted by Gasteiger charge is 2.26. The molecule has 25 heavy (non-hydrogen) atoms. The fourth-order valence-corrected chi connectivity index (χ4v) is 5.30. The highest BCUT2D eigenvalue weighted by atomic mass is 35.5. The summed E-state index contributed by atoms with van der Waals surface area (Å²) in [6.07, 6.45) is 2.46. The summed E-state index contributed by atoms with van der Waals surface area (Å²) in [6, 6.07) is 8.38. The van der Waals surface area contributed by atoms with Crippen LogP contribution in [0.1, 0.15) is 16.9 Å². The fourth-order valence-electron chi connectivity index (χ4n) is 2.67. The first-order valence-corrected chi connectivity index (χ1v) is 10.3. The van der Waals surface area contributed by atoms with Gasteiger partial charge in [0.05, 0.1) is 9.23 Å². The number of sulfonamides is 1. The molecule has 1 aromatic carbocycles. The molecule has 2 heterocycles. The predicted molar refractivity (Wildman–Crippen MR) is 101 cm³/mol. The lowest BCUT2D eigenvalue weighted by atomic mass is 10.0. The number of halogens is 1.